The summed E-state index contributed by atoms with van der Waals surface area (Å²) in [4.78, 5) is 3.92. The van der Waals surface area contributed by atoms with Crippen LogP contribution >= 0.6 is 39.1 Å². The molecule has 0 amide bonds. The molecule has 0 aliphatic heterocycles. The fourth-order valence-electron chi connectivity index (χ4n) is 2.41. The van der Waals surface area contributed by atoms with E-state index >= 15 is 0 Å². The van der Waals surface area contributed by atoms with Crippen molar-refractivity contribution in [3.05, 3.63) is 57.7 Å². The van der Waals surface area contributed by atoms with Gasteiger partial charge in [-0.05, 0) is 23.8 Å². The second-order valence-corrected chi connectivity index (χ2v) is 6.30. The van der Waals surface area contributed by atoms with E-state index in [0.29, 0.717) is 10.9 Å². The van der Waals surface area contributed by atoms with Crippen molar-refractivity contribution in [1.29, 1.82) is 0 Å². The average molecular weight is 442 g/mol. The van der Waals surface area contributed by atoms with Gasteiger partial charge < -0.3 is 0 Å². The smallest absolute Gasteiger partial charge is 0.295 e. The first kappa shape index (κ1) is 17.5. The van der Waals surface area contributed by atoms with Crippen molar-refractivity contribution in [3.63, 3.8) is 0 Å². The highest BCUT2D eigenvalue weighted by Crippen LogP contribution is 2.40. The number of imidazole rings is 1. The van der Waals surface area contributed by atoms with Gasteiger partial charge in [-0.15, -0.1) is 0 Å². The van der Waals surface area contributed by atoms with E-state index in [0.717, 1.165) is 22.7 Å². The fraction of sp³-hybridized carbons (Fsp3) is 0.133. The molecule has 0 bridgehead atoms. The van der Waals surface area contributed by atoms with Crippen molar-refractivity contribution < 1.29 is 17.6 Å². The van der Waals surface area contributed by atoms with Gasteiger partial charge in [-0.2, -0.15) is 13.2 Å². The Morgan fingerprint density at radius 1 is 1.12 bits per heavy atom. The molecule has 24 heavy (non-hydrogen) atoms. The third-order valence-electron chi connectivity index (χ3n) is 3.47. The normalized spacial score (nSPS) is 12.1. The number of benzene rings is 1. The van der Waals surface area contributed by atoms with Crippen molar-refractivity contribution in [2.24, 2.45) is 0 Å². The van der Waals surface area contributed by atoms with Gasteiger partial charge in [0.25, 0.3) is 0 Å². The standard InChI is InChI=1S/C15H7BrCl2F4N2/c16-6-7-3-8(11(19)4-9(7)17)13-10(18)5-12(15(20,21)22)24-2-1-23-14(13)24/h1-5H,6H2. The molecule has 0 atom stereocenters. The Hall–Kier alpha value is -1.31. The summed E-state index contributed by atoms with van der Waals surface area (Å²) in [6, 6.07) is 3.30. The number of hydrogen-bond acceptors (Lipinski definition) is 1. The second kappa shape index (κ2) is 6.20. The summed E-state index contributed by atoms with van der Waals surface area (Å²) >= 11 is 15.2. The number of halogens is 7. The lowest BCUT2D eigenvalue weighted by molar-refractivity contribution is -0.142. The minimum atomic E-state index is -4.62. The van der Waals surface area contributed by atoms with E-state index in [-0.39, 0.29) is 26.8 Å². The molecular formula is C15H7BrCl2F4N2. The Balaban J connectivity index is 2.37. The Kier molecular flexibility index (Phi) is 4.53. The van der Waals surface area contributed by atoms with Crippen molar-refractivity contribution in [2.75, 3.05) is 0 Å². The minimum absolute atomic E-state index is 0.0313. The van der Waals surface area contributed by atoms with Gasteiger partial charge in [0.05, 0.1) is 5.02 Å². The molecule has 0 aliphatic carbocycles. The van der Waals surface area contributed by atoms with E-state index in [4.69, 9.17) is 23.2 Å². The summed E-state index contributed by atoms with van der Waals surface area (Å²) < 4.78 is 54.7. The van der Waals surface area contributed by atoms with Crippen molar-refractivity contribution in [3.8, 4) is 11.1 Å². The summed E-state index contributed by atoms with van der Waals surface area (Å²) in [5, 5.41) is 0.306. The van der Waals surface area contributed by atoms with Crippen LogP contribution in [0, 0.1) is 5.82 Å². The van der Waals surface area contributed by atoms with Crippen molar-refractivity contribution in [1.82, 2.24) is 9.38 Å². The van der Waals surface area contributed by atoms with Crippen LogP contribution in [0.15, 0.2) is 30.6 Å². The lowest BCUT2D eigenvalue weighted by atomic mass is 10.0. The van der Waals surface area contributed by atoms with Gasteiger partial charge in [0.15, 0.2) is 0 Å². The predicted octanol–water partition coefficient (Wildman–Crippen LogP) is 6.36. The third kappa shape index (κ3) is 2.89. The number of rotatable bonds is 2. The molecule has 2 heterocycles. The Morgan fingerprint density at radius 2 is 1.83 bits per heavy atom. The van der Waals surface area contributed by atoms with Crippen LogP contribution in [-0.2, 0) is 11.5 Å². The molecule has 0 N–H and O–H groups in total. The first-order chi connectivity index (χ1) is 11.2. The van der Waals surface area contributed by atoms with Crippen LogP contribution in [0.4, 0.5) is 17.6 Å². The topological polar surface area (TPSA) is 17.3 Å². The van der Waals surface area contributed by atoms with E-state index < -0.39 is 17.7 Å². The molecule has 1 aromatic carbocycles. The number of hydrogen-bond donors (Lipinski definition) is 0. The van der Waals surface area contributed by atoms with Crippen LogP contribution in [0.25, 0.3) is 16.8 Å². The third-order valence-corrected chi connectivity index (χ3v) is 4.72. The quantitative estimate of drug-likeness (QED) is 0.334. The van der Waals surface area contributed by atoms with E-state index in [2.05, 4.69) is 20.9 Å². The fourth-order valence-corrected chi connectivity index (χ4v) is 3.54. The number of aromatic nitrogens is 2. The monoisotopic (exact) mass is 440 g/mol. The number of alkyl halides is 4. The van der Waals surface area contributed by atoms with E-state index in [1.54, 1.807) is 0 Å². The molecule has 0 fully saturated rings. The van der Waals surface area contributed by atoms with Gasteiger partial charge >= 0.3 is 6.18 Å². The molecule has 0 aliphatic rings. The molecule has 0 saturated heterocycles. The zero-order chi connectivity index (χ0) is 17.6. The molecule has 9 heteroatoms. The lowest BCUT2D eigenvalue weighted by Crippen LogP contribution is -2.12. The maximum Gasteiger partial charge on any atom is 0.431 e. The van der Waals surface area contributed by atoms with E-state index in [1.807, 2.05) is 0 Å². The zero-order valence-electron chi connectivity index (χ0n) is 11.6. The summed E-state index contributed by atoms with van der Waals surface area (Å²) in [6.45, 7) is 0. The molecule has 126 valence electrons. The molecular weight excluding hydrogens is 435 g/mol. The van der Waals surface area contributed by atoms with E-state index in [1.165, 1.54) is 12.3 Å². The number of fused-ring (bicyclic) bond motifs is 1. The summed E-state index contributed by atoms with van der Waals surface area (Å²) in [5.41, 5.74) is -0.390. The van der Waals surface area contributed by atoms with Gasteiger partial charge in [0, 0.05) is 33.9 Å². The number of nitrogens with zero attached hydrogens (tertiary/aromatic N) is 2. The SMILES string of the molecule is Fc1cc(Cl)c(CBr)cc1-c1c(Cl)cc(C(F)(F)F)n2ccnc12. The molecule has 0 spiro atoms. The second-order valence-electron chi connectivity index (χ2n) is 4.93. The highest BCUT2D eigenvalue weighted by molar-refractivity contribution is 9.08. The van der Waals surface area contributed by atoms with Crippen molar-refractivity contribution >= 4 is 44.8 Å². The maximum atomic E-state index is 14.4. The largest absolute Gasteiger partial charge is 0.431 e. The highest BCUT2D eigenvalue weighted by Gasteiger charge is 2.35. The Labute approximate surface area is 152 Å². The Bertz CT molecular complexity index is 937. The molecule has 2 nitrogen and oxygen atoms in total. The van der Waals surface area contributed by atoms with Crippen LogP contribution in [-0.4, -0.2) is 9.38 Å². The Morgan fingerprint density at radius 3 is 2.46 bits per heavy atom. The van der Waals surface area contributed by atoms with Crippen LogP contribution in [0.1, 0.15) is 11.3 Å². The highest BCUT2D eigenvalue weighted by atomic mass is 79.9. The summed E-state index contributed by atoms with van der Waals surface area (Å²) in [5.74, 6) is -0.698. The summed E-state index contributed by atoms with van der Waals surface area (Å²) in [7, 11) is 0. The first-order valence-electron chi connectivity index (χ1n) is 6.51. The van der Waals surface area contributed by atoms with Gasteiger partial charge in [0.2, 0.25) is 0 Å². The average Bonchev–Trinajstić information content (AvgIpc) is 2.95. The summed E-state index contributed by atoms with van der Waals surface area (Å²) in [6.07, 6.45) is -2.28. The van der Waals surface area contributed by atoms with E-state index in [9.17, 15) is 17.6 Å². The zero-order valence-corrected chi connectivity index (χ0v) is 14.7. The molecule has 0 saturated carbocycles. The molecule has 3 aromatic rings. The lowest BCUT2D eigenvalue weighted by Gasteiger charge is -2.15. The molecule has 2 aromatic heterocycles. The van der Waals surface area contributed by atoms with Crippen LogP contribution in [0.3, 0.4) is 0 Å². The van der Waals surface area contributed by atoms with Crippen LogP contribution in [0.5, 0.6) is 0 Å². The molecule has 0 radical (unpaired) electrons. The minimum Gasteiger partial charge on any atom is -0.295 e. The van der Waals surface area contributed by atoms with Crippen LogP contribution in [0.2, 0.25) is 10.0 Å². The van der Waals surface area contributed by atoms with Gasteiger partial charge in [0.1, 0.15) is 17.2 Å². The number of pyridine rings is 1. The molecule has 3 rings (SSSR count). The predicted molar refractivity (Wildman–Crippen MR) is 88.2 cm³/mol. The van der Waals surface area contributed by atoms with Gasteiger partial charge in [-0.1, -0.05) is 39.1 Å². The van der Waals surface area contributed by atoms with Gasteiger partial charge in [-0.25, -0.2) is 9.37 Å². The van der Waals surface area contributed by atoms with Crippen LogP contribution < -0.4 is 0 Å². The van der Waals surface area contributed by atoms with Crippen molar-refractivity contribution in [2.45, 2.75) is 11.5 Å². The molecule has 0 unspecified atom stereocenters. The first-order valence-corrected chi connectivity index (χ1v) is 8.38. The van der Waals surface area contributed by atoms with Gasteiger partial charge in [-0.3, -0.25) is 4.40 Å². The maximum absolute atomic E-state index is 14.4.